The number of carbonyl (C=O) groups excluding carboxylic acids is 1. The first-order valence-electron chi connectivity index (χ1n) is 6.75. The van der Waals surface area contributed by atoms with Crippen LogP contribution in [-0.4, -0.2) is 38.0 Å². The van der Waals surface area contributed by atoms with Crippen molar-refractivity contribution in [1.82, 2.24) is 5.32 Å². The number of hydrogen-bond donors (Lipinski definition) is 2. The summed E-state index contributed by atoms with van der Waals surface area (Å²) in [6.45, 7) is 2.80. The fraction of sp³-hybridized carbons (Fsp3) is 0.846. The highest BCUT2D eigenvalue weighted by Crippen LogP contribution is 2.23. The number of amidine groups is 1. The first-order valence-corrected chi connectivity index (χ1v) is 6.75. The summed E-state index contributed by atoms with van der Waals surface area (Å²) >= 11 is 0. The van der Waals surface area contributed by atoms with Crippen LogP contribution in [0.15, 0.2) is 4.99 Å². The van der Waals surface area contributed by atoms with Gasteiger partial charge in [-0.1, -0.05) is 19.3 Å². The molecule has 0 saturated heterocycles. The van der Waals surface area contributed by atoms with Gasteiger partial charge in [-0.2, -0.15) is 0 Å². The van der Waals surface area contributed by atoms with Crippen LogP contribution in [0.4, 0.5) is 0 Å². The fourth-order valence-electron chi connectivity index (χ4n) is 2.21. The molecule has 1 atom stereocenters. The second-order valence-electron chi connectivity index (χ2n) is 4.85. The van der Waals surface area contributed by atoms with Crippen LogP contribution < -0.4 is 11.1 Å². The van der Waals surface area contributed by atoms with E-state index in [1.165, 1.54) is 19.3 Å². The van der Waals surface area contributed by atoms with Crippen molar-refractivity contribution >= 4 is 11.7 Å². The van der Waals surface area contributed by atoms with Crippen LogP contribution >= 0.6 is 0 Å². The zero-order valence-electron chi connectivity index (χ0n) is 11.4. The summed E-state index contributed by atoms with van der Waals surface area (Å²) in [5, 5.41) is 2.77. The molecule has 0 aromatic carbocycles. The third-order valence-electron chi connectivity index (χ3n) is 3.35. The molecule has 1 saturated carbocycles. The minimum atomic E-state index is -0.413. The van der Waals surface area contributed by atoms with E-state index in [1.807, 2.05) is 0 Å². The highest BCUT2D eigenvalue weighted by molar-refractivity contribution is 5.88. The van der Waals surface area contributed by atoms with Crippen molar-refractivity contribution in [3.8, 4) is 0 Å². The second kappa shape index (κ2) is 8.08. The molecule has 1 aliphatic rings. The van der Waals surface area contributed by atoms with Gasteiger partial charge in [0.2, 0.25) is 5.91 Å². The lowest BCUT2D eigenvalue weighted by Crippen LogP contribution is -2.36. The van der Waals surface area contributed by atoms with E-state index < -0.39 is 6.04 Å². The molecule has 1 amide bonds. The van der Waals surface area contributed by atoms with Crippen molar-refractivity contribution in [1.29, 1.82) is 0 Å². The zero-order chi connectivity index (χ0) is 13.4. The average Bonchev–Trinajstić information content (AvgIpc) is 2.39. The number of nitrogens with zero attached hydrogens (tertiary/aromatic N) is 1. The van der Waals surface area contributed by atoms with Crippen LogP contribution in [0.2, 0.25) is 0 Å². The topological polar surface area (TPSA) is 76.7 Å². The Balaban J connectivity index is 2.39. The van der Waals surface area contributed by atoms with Crippen LogP contribution in [0.5, 0.6) is 0 Å². The molecule has 0 bridgehead atoms. The van der Waals surface area contributed by atoms with E-state index in [0.717, 1.165) is 12.8 Å². The highest BCUT2D eigenvalue weighted by Gasteiger charge is 2.19. The van der Waals surface area contributed by atoms with Gasteiger partial charge in [0.05, 0.1) is 12.4 Å². The zero-order valence-corrected chi connectivity index (χ0v) is 11.4. The summed E-state index contributed by atoms with van der Waals surface area (Å²) in [6.07, 6.45) is 5.93. The molecule has 1 fully saturated rings. The van der Waals surface area contributed by atoms with Crippen molar-refractivity contribution in [2.75, 3.05) is 20.3 Å². The number of ether oxygens (including phenoxy) is 1. The number of hydrogen-bond acceptors (Lipinski definition) is 3. The summed E-state index contributed by atoms with van der Waals surface area (Å²) < 4.78 is 4.87. The first-order chi connectivity index (χ1) is 8.65. The van der Waals surface area contributed by atoms with E-state index in [2.05, 4.69) is 10.3 Å². The minimum Gasteiger partial charge on any atom is -0.387 e. The van der Waals surface area contributed by atoms with Crippen molar-refractivity contribution in [2.45, 2.75) is 45.1 Å². The summed E-state index contributed by atoms with van der Waals surface area (Å²) in [4.78, 5) is 16.0. The van der Waals surface area contributed by atoms with Crippen LogP contribution in [0.25, 0.3) is 0 Å². The molecule has 0 spiro atoms. The Morgan fingerprint density at radius 3 is 2.72 bits per heavy atom. The Morgan fingerprint density at radius 2 is 2.11 bits per heavy atom. The Labute approximate surface area is 109 Å². The van der Waals surface area contributed by atoms with E-state index in [0.29, 0.717) is 24.9 Å². The standard InChI is InChI=1S/C13H25N3O2/c1-10(13(17)15-8-9-18-2)16-12(14)11-6-4-3-5-7-11/h10-11H,3-9H2,1-2H3,(H2,14,16)(H,15,17). The number of methoxy groups -OCH3 is 1. The number of amides is 1. The molecule has 1 rings (SSSR count). The summed E-state index contributed by atoms with van der Waals surface area (Å²) in [5.41, 5.74) is 5.99. The quantitative estimate of drug-likeness (QED) is 0.423. The van der Waals surface area contributed by atoms with Gasteiger partial charge in [0.15, 0.2) is 0 Å². The molecule has 0 aromatic heterocycles. The lowest BCUT2D eigenvalue weighted by Gasteiger charge is -2.21. The molecule has 0 aromatic rings. The van der Waals surface area contributed by atoms with Crippen LogP contribution in [0.3, 0.4) is 0 Å². The maximum Gasteiger partial charge on any atom is 0.244 e. The van der Waals surface area contributed by atoms with Gasteiger partial charge in [-0.25, -0.2) is 0 Å². The van der Waals surface area contributed by atoms with E-state index in [-0.39, 0.29) is 5.91 Å². The van der Waals surface area contributed by atoms with Gasteiger partial charge in [-0.3, -0.25) is 9.79 Å². The number of rotatable bonds is 6. The van der Waals surface area contributed by atoms with Crippen molar-refractivity contribution in [3.63, 3.8) is 0 Å². The van der Waals surface area contributed by atoms with Crippen molar-refractivity contribution in [2.24, 2.45) is 16.6 Å². The van der Waals surface area contributed by atoms with E-state index in [9.17, 15) is 4.79 Å². The molecule has 0 radical (unpaired) electrons. The van der Waals surface area contributed by atoms with Crippen LogP contribution in [-0.2, 0) is 9.53 Å². The lowest BCUT2D eigenvalue weighted by molar-refractivity contribution is -0.122. The predicted molar refractivity (Wildman–Crippen MR) is 72.5 cm³/mol. The smallest absolute Gasteiger partial charge is 0.244 e. The molecule has 0 heterocycles. The number of nitrogens with one attached hydrogen (secondary N) is 1. The van der Waals surface area contributed by atoms with Crippen LogP contribution in [0.1, 0.15) is 39.0 Å². The molecule has 104 valence electrons. The Hall–Kier alpha value is -1.10. The number of carbonyl (C=O) groups is 1. The van der Waals surface area contributed by atoms with Gasteiger partial charge in [0.1, 0.15) is 6.04 Å². The number of nitrogens with two attached hydrogens (primary N) is 1. The summed E-state index contributed by atoms with van der Waals surface area (Å²) in [7, 11) is 1.61. The van der Waals surface area contributed by atoms with Gasteiger partial charge in [0.25, 0.3) is 0 Å². The number of aliphatic imine (C=N–C) groups is 1. The van der Waals surface area contributed by atoms with Crippen LogP contribution in [0, 0.1) is 5.92 Å². The monoisotopic (exact) mass is 255 g/mol. The predicted octanol–water partition coefficient (Wildman–Crippen LogP) is 1.07. The maximum atomic E-state index is 11.7. The maximum absolute atomic E-state index is 11.7. The largest absolute Gasteiger partial charge is 0.387 e. The lowest BCUT2D eigenvalue weighted by atomic mass is 9.88. The molecule has 0 aliphatic heterocycles. The van der Waals surface area contributed by atoms with Gasteiger partial charge < -0.3 is 15.8 Å². The second-order valence-corrected chi connectivity index (χ2v) is 4.85. The van der Waals surface area contributed by atoms with Gasteiger partial charge >= 0.3 is 0 Å². The van der Waals surface area contributed by atoms with E-state index >= 15 is 0 Å². The minimum absolute atomic E-state index is 0.0918. The molecule has 5 nitrogen and oxygen atoms in total. The molecular formula is C13H25N3O2. The average molecular weight is 255 g/mol. The molecule has 1 unspecified atom stereocenters. The molecular weight excluding hydrogens is 230 g/mol. The molecule has 5 heteroatoms. The molecule has 18 heavy (non-hydrogen) atoms. The third-order valence-corrected chi connectivity index (χ3v) is 3.35. The van der Waals surface area contributed by atoms with E-state index in [4.69, 9.17) is 10.5 Å². The SMILES string of the molecule is COCCNC(=O)C(C)N=C(N)C1CCCCC1. The van der Waals surface area contributed by atoms with Gasteiger partial charge in [-0.15, -0.1) is 0 Å². The third kappa shape index (κ3) is 5.04. The van der Waals surface area contributed by atoms with Crippen molar-refractivity contribution < 1.29 is 9.53 Å². The Kier molecular flexibility index (Phi) is 6.72. The Morgan fingerprint density at radius 1 is 1.44 bits per heavy atom. The highest BCUT2D eigenvalue weighted by atomic mass is 16.5. The van der Waals surface area contributed by atoms with Gasteiger partial charge in [-0.05, 0) is 19.8 Å². The van der Waals surface area contributed by atoms with Gasteiger partial charge in [0, 0.05) is 19.6 Å². The fourth-order valence-corrected chi connectivity index (χ4v) is 2.21. The molecule has 1 aliphatic carbocycles. The Bertz CT molecular complexity index is 286. The normalized spacial score (nSPS) is 19.6. The van der Waals surface area contributed by atoms with Crippen molar-refractivity contribution in [3.05, 3.63) is 0 Å². The van der Waals surface area contributed by atoms with E-state index in [1.54, 1.807) is 14.0 Å². The summed E-state index contributed by atoms with van der Waals surface area (Å²) in [6, 6.07) is -0.413. The molecule has 3 N–H and O–H groups in total. The first kappa shape index (κ1) is 15.0. The summed E-state index contributed by atoms with van der Waals surface area (Å²) in [5.74, 6) is 0.919.